The first-order valence-corrected chi connectivity index (χ1v) is 9.40. The molecule has 7 heteroatoms. The predicted octanol–water partition coefficient (Wildman–Crippen LogP) is 2.69. The number of rotatable bonds is 7. The number of para-hydroxylation sites is 2. The summed E-state index contributed by atoms with van der Waals surface area (Å²) in [5, 5.41) is 2.87. The highest BCUT2D eigenvalue weighted by atomic mass is 16.5. The van der Waals surface area contributed by atoms with Gasteiger partial charge in [-0.3, -0.25) is 9.59 Å². The molecule has 28 heavy (non-hydrogen) atoms. The number of amides is 2. The van der Waals surface area contributed by atoms with E-state index in [-0.39, 0.29) is 30.9 Å². The van der Waals surface area contributed by atoms with E-state index in [1.807, 2.05) is 44.2 Å². The number of nitrogens with zero attached hydrogens (tertiary/aromatic N) is 2. The molecular formula is C21H25N3O4. The third-order valence-corrected chi connectivity index (χ3v) is 4.31. The van der Waals surface area contributed by atoms with Gasteiger partial charge in [0.1, 0.15) is 5.75 Å². The highest BCUT2D eigenvalue weighted by molar-refractivity contribution is 6.00. The molecule has 0 aliphatic carbocycles. The first-order chi connectivity index (χ1) is 13.5. The van der Waals surface area contributed by atoms with Crippen molar-refractivity contribution in [3.05, 3.63) is 48.2 Å². The summed E-state index contributed by atoms with van der Waals surface area (Å²) in [6.45, 7) is 6.17. The van der Waals surface area contributed by atoms with E-state index in [0.717, 1.165) is 5.56 Å². The second kappa shape index (κ2) is 8.73. The molecule has 148 valence electrons. The van der Waals surface area contributed by atoms with E-state index < -0.39 is 6.10 Å². The van der Waals surface area contributed by atoms with Crippen molar-refractivity contribution in [3.63, 3.8) is 0 Å². The molecule has 3 rings (SSSR count). The number of carbonyl (C=O) groups is 2. The second-order valence-electron chi connectivity index (χ2n) is 6.88. The van der Waals surface area contributed by atoms with Crippen molar-refractivity contribution in [2.75, 3.05) is 11.4 Å². The Morgan fingerprint density at radius 3 is 2.86 bits per heavy atom. The van der Waals surface area contributed by atoms with Crippen molar-refractivity contribution in [3.8, 4) is 11.6 Å². The van der Waals surface area contributed by atoms with Crippen molar-refractivity contribution in [2.45, 2.75) is 45.9 Å². The molecule has 2 aromatic rings. The first kappa shape index (κ1) is 19.7. The number of fused-ring (bicyclic) bond motifs is 1. The molecular weight excluding hydrogens is 358 g/mol. The number of pyridine rings is 1. The maximum atomic E-state index is 12.5. The van der Waals surface area contributed by atoms with E-state index in [2.05, 4.69) is 10.3 Å². The zero-order valence-corrected chi connectivity index (χ0v) is 16.3. The normalized spacial score (nSPS) is 15.8. The van der Waals surface area contributed by atoms with E-state index in [0.29, 0.717) is 23.9 Å². The minimum Gasteiger partial charge on any atom is -0.479 e. The SMILES string of the molecule is CC(C)Oc1ncccc1CNC(=O)CCN1C(=O)C(C)Oc2ccccc21. The van der Waals surface area contributed by atoms with Gasteiger partial charge in [0.05, 0.1) is 11.8 Å². The first-order valence-electron chi connectivity index (χ1n) is 9.40. The zero-order chi connectivity index (χ0) is 20.1. The summed E-state index contributed by atoms with van der Waals surface area (Å²) in [7, 11) is 0. The van der Waals surface area contributed by atoms with Crippen LogP contribution in [-0.2, 0) is 16.1 Å². The third kappa shape index (κ3) is 4.60. The Hall–Kier alpha value is -3.09. The largest absolute Gasteiger partial charge is 0.479 e. The molecule has 0 bridgehead atoms. The number of anilines is 1. The van der Waals surface area contributed by atoms with Crippen LogP contribution in [-0.4, -0.2) is 35.6 Å². The molecule has 0 fully saturated rings. The summed E-state index contributed by atoms with van der Waals surface area (Å²) >= 11 is 0. The molecule has 2 heterocycles. The van der Waals surface area contributed by atoms with Crippen molar-refractivity contribution in [1.29, 1.82) is 0 Å². The number of ether oxygens (including phenoxy) is 2. The molecule has 0 spiro atoms. The fraction of sp³-hybridized carbons (Fsp3) is 0.381. The Kier molecular flexibility index (Phi) is 6.13. The van der Waals surface area contributed by atoms with Crippen LogP contribution in [0.2, 0.25) is 0 Å². The molecule has 1 unspecified atom stereocenters. The lowest BCUT2D eigenvalue weighted by molar-refractivity contribution is -0.125. The van der Waals surface area contributed by atoms with Gasteiger partial charge in [-0.05, 0) is 39.0 Å². The summed E-state index contributed by atoms with van der Waals surface area (Å²) in [4.78, 5) is 30.7. The Morgan fingerprint density at radius 2 is 2.07 bits per heavy atom. The average Bonchev–Trinajstić information content (AvgIpc) is 2.67. The van der Waals surface area contributed by atoms with E-state index >= 15 is 0 Å². The monoisotopic (exact) mass is 383 g/mol. The molecule has 7 nitrogen and oxygen atoms in total. The molecule has 1 atom stereocenters. The summed E-state index contributed by atoms with van der Waals surface area (Å²) in [5.41, 5.74) is 1.50. The maximum absolute atomic E-state index is 12.5. The van der Waals surface area contributed by atoms with Crippen LogP contribution in [0.1, 0.15) is 32.8 Å². The molecule has 1 aliphatic heterocycles. The van der Waals surface area contributed by atoms with Gasteiger partial charge in [0.25, 0.3) is 5.91 Å². The van der Waals surface area contributed by atoms with Crippen LogP contribution in [0.25, 0.3) is 0 Å². The lowest BCUT2D eigenvalue weighted by atomic mass is 10.1. The van der Waals surface area contributed by atoms with Crippen molar-refractivity contribution >= 4 is 17.5 Å². The van der Waals surface area contributed by atoms with Gasteiger partial charge < -0.3 is 19.7 Å². The number of benzene rings is 1. The minimum absolute atomic E-state index is 0.00116. The molecule has 0 saturated heterocycles. The number of carbonyl (C=O) groups excluding carboxylic acids is 2. The van der Waals surface area contributed by atoms with Gasteiger partial charge in [-0.1, -0.05) is 18.2 Å². The topological polar surface area (TPSA) is 80.8 Å². The molecule has 1 aromatic carbocycles. The van der Waals surface area contributed by atoms with Crippen LogP contribution < -0.4 is 19.7 Å². The number of hydrogen-bond donors (Lipinski definition) is 1. The van der Waals surface area contributed by atoms with E-state index in [1.165, 1.54) is 0 Å². The van der Waals surface area contributed by atoms with Gasteiger partial charge in [0.15, 0.2) is 6.10 Å². The van der Waals surface area contributed by atoms with E-state index in [9.17, 15) is 9.59 Å². The van der Waals surface area contributed by atoms with E-state index in [4.69, 9.17) is 9.47 Å². The standard InChI is InChI=1S/C21H25N3O4/c1-14(2)27-20-16(7-6-11-22-20)13-23-19(25)10-12-24-17-8-4-5-9-18(17)28-15(3)21(24)26/h4-9,11,14-15H,10,12-13H2,1-3H3,(H,23,25). The van der Waals surface area contributed by atoms with Crippen LogP contribution in [0.5, 0.6) is 11.6 Å². The predicted molar refractivity (Wildman–Crippen MR) is 105 cm³/mol. The highest BCUT2D eigenvalue weighted by Crippen LogP contribution is 2.33. The number of nitrogens with one attached hydrogen (secondary N) is 1. The summed E-state index contributed by atoms with van der Waals surface area (Å²) in [6.07, 6.45) is 1.28. The van der Waals surface area contributed by atoms with Gasteiger partial charge >= 0.3 is 0 Å². The maximum Gasteiger partial charge on any atom is 0.267 e. The summed E-state index contributed by atoms with van der Waals surface area (Å²) in [6, 6.07) is 11.0. The lowest BCUT2D eigenvalue weighted by Gasteiger charge is -2.32. The van der Waals surface area contributed by atoms with Crippen molar-refractivity contribution in [2.24, 2.45) is 0 Å². The molecule has 1 aliphatic rings. The van der Waals surface area contributed by atoms with Crippen molar-refractivity contribution in [1.82, 2.24) is 10.3 Å². The zero-order valence-electron chi connectivity index (χ0n) is 16.3. The number of aromatic nitrogens is 1. The molecule has 1 aromatic heterocycles. The third-order valence-electron chi connectivity index (χ3n) is 4.31. The Balaban J connectivity index is 1.59. The van der Waals surface area contributed by atoms with Gasteiger partial charge in [0.2, 0.25) is 11.8 Å². The molecule has 0 saturated carbocycles. The Bertz CT molecular complexity index is 853. The van der Waals surface area contributed by atoms with Crippen molar-refractivity contribution < 1.29 is 19.1 Å². The smallest absolute Gasteiger partial charge is 0.267 e. The van der Waals surface area contributed by atoms with Crippen LogP contribution >= 0.6 is 0 Å². The van der Waals surface area contributed by atoms with Gasteiger partial charge in [-0.25, -0.2) is 4.98 Å². The molecule has 0 radical (unpaired) electrons. The van der Waals surface area contributed by atoms with E-state index in [1.54, 1.807) is 24.1 Å². The van der Waals surface area contributed by atoms with Gasteiger partial charge in [0, 0.05) is 31.3 Å². The lowest BCUT2D eigenvalue weighted by Crippen LogP contribution is -2.45. The highest BCUT2D eigenvalue weighted by Gasteiger charge is 2.31. The fourth-order valence-electron chi connectivity index (χ4n) is 2.97. The molecule has 2 amide bonds. The quantitative estimate of drug-likeness (QED) is 0.795. The summed E-state index contributed by atoms with van der Waals surface area (Å²) in [5.74, 6) is 0.875. The second-order valence-corrected chi connectivity index (χ2v) is 6.88. The van der Waals surface area contributed by atoms with Gasteiger partial charge in [-0.15, -0.1) is 0 Å². The van der Waals surface area contributed by atoms with Gasteiger partial charge in [-0.2, -0.15) is 0 Å². The number of hydrogen-bond acceptors (Lipinski definition) is 5. The van der Waals surface area contributed by atoms with Crippen LogP contribution in [0.4, 0.5) is 5.69 Å². The average molecular weight is 383 g/mol. The minimum atomic E-state index is -0.566. The molecule has 1 N–H and O–H groups in total. The fourth-order valence-corrected chi connectivity index (χ4v) is 2.97. The van der Waals surface area contributed by atoms with Crippen LogP contribution in [0.15, 0.2) is 42.6 Å². The van der Waals surface area contributed by atoms with Crippen LogP contribution in [0, 0.1) is 0 Å². The summed E-state index contributed by atoms with van der Waals surface area (Å²) < 4.78 is 11.3. The Labute approximate surface area is 164 Å². The Morgan fingerprint density at radius 1 is 1.29 bits per heavy atom. The van der Waals surface area contributed by atoms with Crippen LogP contribution in [0.3, 0.4) is 0 Å².